The molecule has 0 saturated carbocycles. The summed E-state index contributed by atoms with van der Waals surface area (Å²) in [4.78, 5) is 25.2. The third kappa shape index (κ3) is 3.78. The van der Waals surface area contributed by atoms with E-state index in [-0.39, 0.29) is 5.91 Å². The lowest BCUT2D eigenvalue weighted by molar-refractivity contribution is -0.133. The zero-order chi connectivity index (χ0) is 15.4. The summed E-state index contributed by atoms with van der Waals surface area (Å²) in [6, 6.07) is 4.65. The molecule has 7 heteroatoms. The Bertz CT molecular complexity index is 550. The molecule has 2 amide bonds. The second-order valence-corrected chi connectivity index (χ2v) is 5.15. The number of hydrogen-bond acceptors (Lipinski definition) is 4. The molecule has 1 aromatic carbocycles. The summed E-state index contributed by atoms with van der Waals surface area (Å²) in [6.07, 6.45) is -0.634. The Balaban J connectivity index is 2.10. The van der Waals surface area contributed by atoms with Gasteiger partial charge in [-0.1, -0.05) is 11.6 Å². The summed E-state index contributed by atoms with van der Waals surface area (Å²) in [5, 5.41) is 3.05. The van der Waals surface area contributed by atoms with Crippen LogP contribution in [0.15, 0.2) is 18.2 Å². The van der Waals surface area contributed by atoms with Gasteiger partial charge in [-0.3, -0.25) is 4.79 Å². The summed E-state index contributed by atoms with van der Waals surface area (Å²) >= 11 is 5.97. The molecule has 0 bridgehead atoms. The number of halogens is 1. The summed E-state index contributed by atoms with van der Waals surface area (Å²) in [6.45, 7) is 2.84. The maximum absolute atomic E-state index is 12.4. The Hall–Kier alpha value is -1.95. The highest BCUT2D eigenvalue weighted by atomic mass is 35.5. The Labute approximate surface area is 128 Å². The highest BCUT2D eigenvalue weighted by Gasteiger charge is 2.25. The van der Waals surface area contributed by atoms with Crippen LogP contribution in [0.25, 0.3) is 0 Å². The van der Waals surface area contributed by atoms with Crippen molar-refractivity contribution in [1.29, 1.82) is 0 Å². The van der Waals surface area contributed by atoms with Crippen molar-refractivity contribution in [1.82, 2.24) is 10.2 Å². The van der Waals surface area contributed by atoms with Crippen LogP contribution in [0.2, 0.25) is 5.02 Å². The molecule has 0 aromatic heterocycles. The minimum absolute atomic E-state index is 0.197. The molecule has 0 saturated heterocycles. The maximum Gasteiger partial charge on any atom is 0.407 e. The zero-order valence-electron chi connectivity index (χ0n) is 11.9. The zero-order valence-corrected chi connectivity index (χ0v) is 12.6. The maximum atomic E-state index is 12.4. The quantitative estimate of drug-likeness (QED) is 0.904. The third-order valence-electron chi connectivity index (χ3n) is 3.20. The van der Waals surface area contributed by atoms with Crippen molar-refractivity contribution >= 4 is 23.6 Å². The van der Waals surface area contributed by atoms with E-state index in [4.69, 9.17) is 16.3 Å². The second kappa shape index (κ2) is 6.67. The Morgan fingerprint density at radius 2 is 2.24 bits per heavy atom. The van der Waals surface area contributed by atoms with Crippen LogP contribution in [0, 0.1) is 0 Å². The third-order valence-corrected chi connectivity index (χ3v) is 3.44. The summed E-state index contributed by atoms with van der Waals surface area (Å²) < 4.78 is 10.1. The number of carbonyl (C=O) groups is 2. The van der Waals surface area contributed by atoms with Gasteiger partial charge in [-0.15, -0.1) is 0 Å². The Morgan fingerprint density at radius 3 is 2.95 bits per heavy atom. The number of hydrogen-bond donors (Lipinski definition) is 1. The van der Waals surface area contributed by atoms with E-state index in [0.29, 0.717) is 24.7 Å². The van der Waals surface area contributed by atoms with Crippen LogP contribution >= 0.6 is 11.6 Å². The summed E-state index contributed by atoms with van der Waals surface area (Å²) in [5.41, 5.74) is 0.846. The number of benzene rings is 1. The number of nitrogens with zero attached hydrogens (tertiary/aromatic N) is 1. The normalized spacial score (nSPS) is 15.3. The molecule has 6 nitrogen and oxygen atoms in total. The van der Waals surface area contributed by atoms with Gasteiger partial charge < -0.3 is 19.7 Å². The SMILES string of the molecule is COC(=O)N[C@H](C)C(=O)N1CCOc2ccc(Cl)cc2C1. The van der Waals surface area contributed by atoms with Gasteiger partial charge in [-0.05, 0) is 25.1 Å². The van der Waals surface area contributed by atoms with E-state index < -0.39 is 12.1 Å². The molecule has 0 unspecified atom stereocenters. The van der Waals surface area contributed by atoms with Crippen LogP contribution in [-0.2, 0) is 16.1 Å². The average molecular weight is 313 g/mol. The number of ether oxygens (including phenoxy) is 2. The molecular formula is C14H17ClN2O4. The largest absolute Gasteiger partial charge is 0.491 e. The number of carbonyl (C=O) groups excluding carboxylic acids is 2. The highest BCUT2D eigenvalue weighted by Crippen LogP contribution is 2.26. The molecule has 21 heavy (non-hydrogen) atoms. The van der Waals surface area contributed by atoms with E-state index >= 15 is 0 Å². The monoisotopic (exact) mass is 312 g/mol. The van der Waals surface area contributed by atoms with Crippen molar-refractivity contribution in [2.45, 2.75) is 19.5 Å². The lowest BCUT2D eigenvalue weighted by Gasteiger charge is -2.23. The molecule has 0 aliphatic carbocycles. The number of rotatable bonds is 2. The fraction of sp³-hybridized carbons (Fsp3) is 0.429. The van der Waals surface area contributed by atoms with Crippen molar-refractivity contribution in [2.75, 3.05) is 20.3 Å². The van der Waals surface area contributed by atoms with Gasteiger partial charge in [0.25, 0.3) is 0 Å². The Morgan fingerprint density at radius 1 is 1.48 bits per heavy atom. The molecule has 1 aromatic rings. The molecule has 1 atom stereocenters. The topological polar surface area (TPSA) is 67.9 Å². The van der Waals surface area contributed by atoms with Crippen LogP contribution in [0.5, 0.6) is 5.75 Å². The summed E-state index contributed by atoms with van der Waals surface area (Å²) in [7, 11) is 1.25. The van der Waals surface area contributed by atoms with Crippen molar-refractivity contribution in [3.8, 4) is 5.75 Å². The summed E-state index contributed by atoms with van der Waals surface area (Å²) in [5.74, 6) is 0.528. The van der Waals surface area contributed by atoms with Crippen LogP contribution in [-0.4, -0.2) is 43.2 Å². The van der Waals surface area contributed by atoms with E-state index in [1.54, 1.807) is 30.0 Å². The van der Waals surface area contributed by atoms with Gasteiger partial charge in [0.2, 0.25) is 5.91 Å². The molecule has 114 valence electrons. The van der Waals surface area contributed by atoms with Gasteiger partial charge in [-0.25, -0.2) is 4.79 Å². The predicted molar refractivity (Wildman–Crippen MR) is 77.4 cm³/mol. The van der Waals surface area contributed by atoms with Gasteiger partial charge in [-0.2, -0.15) is 0 Å². The lowest BCUT2D eigenvalue weighted by atomic mass is 10.2. The van der Waals surface area contributed by atoms with Crippen LogP contribution < -0.4 is 10.1 Å². The molecule has 0 radical (unpaired) electrons. The van der Waals surface area contributed by atoms with E-state index in [2.05, 4.69) is 10.1 Å². The minimum Gasteiger partial charge on any atom is -0.491 e. The highest BCUT2D eigenvalue weighted by molar-refractivity contribution is 6.30. The number of amides is 2. The predicted octanol–water partition coefficient (Wildman–Crippen LogP) is 1.81. The number of alkyl carbamates (subject to hydrolysis) is 1. The van der Waals surface area contributed by atoms with Crippen LogP contribution in [0.4, 0.5) is 4.79 Å². The van der Waals surface area contributed by atoms with Gasteiger partial charge in [0, 0.05) is 17.1 Å². The second-order valence-electron chi connectivity index (χ2n) is 4.72. The number of fused-ring (bicyclic) bond motifs is 1. The smallest absolute Gasteiger partial charge is 0.407 e. The molecule has 1 N–H and O–H groups in total. The first-order valence-electron chi connectivity index (χ1n) is 6.55. The van der Waals surface area contributed by atoms with E-state index in [1.807, 2.05) is 0 Å². The Kier molecular flexibility index (Phi) is 4.90. The molecular weight excluding hydrogens is 296 g/mol. The molecule has 1 aliphatic rings. The molecule has 0 spiro atoms. The average Bonchev–Trinajstić information content (AvgIpc) is 2.67. The van der Waals surface area contributed by atoms with E-state index in [0.717, 1.165) is 11.3 Å². The first-order chi connectivity index (χ1) is 10.0. The molecule has 0 fully saturated rings. The molecule has 1 heterocycles. The molecule has 2 rings (SSSR count). The van der Waals surface area contributed by atoms with Crippen molar-refractivity contribution in [3.63, 3.8) is 0 Å². The van der Waals surface area contributed by atoms with Crippen LogP contribution in [0.3, 0.4) is 0 Å². The van der Waals surface area contributed by atoms with Crippen molar-refractivity contribution in [2.24, 2.45) is 0 Å². The van der Waals surface area contributed by atoms with Crippen LogP contribution in [0.1, 0.15) is 12.5 Å². The fourth-order valence-corrected chi connectivity index (χ4v) is 2.32. The van der Waals surface area contributed by atoms with Gasteiger partial charge in [0.15, 0.2) is 0 Å². The van der Waals surface area contributed by atoms with E-state index in [1.165, 1.54) is 7.11 Å². The van der Waals surface area contributed by atoms with Crippen molar-refractivity contribution in [3.05, 3.63) is 28.8 Å². The van der Waals surface area contributed by atoms with Gasteiger partial charge >= 0.3 is 6.09 Å². The number of nitrogens with one attached hydrogen (secondary N) is 1. The van der Waals surface area contributed by atoms with E-state index in [9.17, 15) is 9.59 Å². The first kappa shape index (κ1) is 15.4. The lowest BCUT2D eigenvalue weighted by Crippen LogP contribution is -2.47. The van der Waals surface area contributed by atoms with Gasteiger partial charge in [0.05, 0.1) is 13.7 Å². The first-order valence-corrected chi connectivity index (χ1v) is 6.93. The van der Waals surface area contributed by atoms with Crippen molar-refractivity contribution < 1.29 is 19.1 Å². The standard InChI is InChI=1S/C14H17ClN2O4/c1-9(16-14(19)20-2)13(18)17-5-6-21-12-4-3-11(15)7-10(12)8-17/h3-4,7,9H,5-6,8H2,1-2H3,(H,16,19)/t9-/m1/s1. The molecule has 1 aliphatic heterocycles. The minimum atomic E-state index is -0.668. The van der Waals surface area contributed by atoms with Gasteiger partial charge in [0.1, 0.15) is 18.4 Å². The fourth-order valence-electron chi connectivity index (χ4n) is 2.12. The number of methoxy groups -OCH3 is 1.